The summed E-state index contributed by atoms with van der Waals surface area (Å²) >= 11 is 0. The van der Waals surface area contributed by atoms with Gasteiger partial charge in [0.15, 0.2) is 0 Å². The van der Waals surface area contributed by atoms with Gasteiger partial charge < -0.3 is 10.2 Å². The van der Waals surface area contributed by atoms with E-state index in [1.54, 1.807) is 0 Å². The molecule has 1 saturated carbocycles. The first kappa shape index (κ1) is 19.5. The fourth-order valence-electron chi connectivity index (χ4n) is 3.35. The molecular weight excluding hydrogens is 281 g/mol. The van der Waals surface area contributed by atoms with E-state index in [1.807, 2.05) is 0 Å². The number of likely N-dealkylation sites (N-methyl/N-ethyl adjacent to an activating group) is 1. The average Bonchev–Trinajstić information content (AvgIpc) is 2.38. The van der Waals surface area contributed by atoms with Gasteiger partial charge in [0.1, 0.15) is 0 Å². The Bertz CT molecular complexity index is 223. The van der Waals surface area contributed by atoms with Crippen LogP contribution in [0.25, 0.3) is 0 Å². The first-order valence-electron chi connectivity index (χ1n) is 7.40. The Kier molecular flexibility index (Phi) is 10.5. The molecule has 0 bridgehead atoms. The molecule has 5 heteroatoms. The highest BCUT2D eigenvalue weighted by Gasteiger charge is 2.24. The number of nitrogens with zero attached hydrogens (tertiary/aromatic N) is 2. The Morgan fingerprint density at radius 2 is 1.74 bits per heavy atom. The van der Waals surface area contributed by atoms with Crippen molar-refractivity contribution in [2.45, 2.75) is 38.6 Å². The van der Waals surface area contributed by atoms with Crippen molar-refractivity contribution < 1.29 is 0 Å². The summed E-state index contributed by atoms with van der Waals surface area (Å²) in [4.78, 5) is 5.21. The van der Waals surface area contributed by atoms with Crippen LogP contribution in [-0.2, 0) is 0 Å². The van der Waals surface area contributed by atoms with Crippen LogP contribution in [0.3, 0.4) is 0 Å². The molecule has 0 spiro atoms. The summed E-state index contributed by atoms with van der Waals surface area (Å²) in [5.74, 6) is 0.900. The van der Waals surface area contributed by atoms with Gasteiger partial charge in [0.05, 0.1) is 0 Å². The van der Waals surface area contributed by atoms with Crippen molar-refractivity contribution in [3.05, 3.63) is 0 Å². The maximum absolute atomic E-state index is 3.42. The number of hydrogen-bond acceptors (Lipinski definition) is 3. The van der Waals surface area contributed by atoms with Gasteiger partial charge in [-0.3, -0.25) is 4.90 Å². The van der Waals surface area contributed by atoms with Crippen LogP contribution in [-0.4, -0.2) is 62.2 Å². The zero-order valence-electron chi connectivity index (χ0n) is 12.4. The molecule has 3 nitrogen and oxygen atoms in total. The molecule has 0 aromatic heterocycles. The smallest absolute Gasteiger partial charge is 0.0118 e. The molecule has 1 saturated heterocycles. The predicted octanol–water partition coefficient (Wildman–Crippen LogP) is 2.25. The maximum atomic E-state index is 3.42. The molecule has 2 fully saturated rings. The lowest BCUT2D eigenvalue weighted by molar-refractivity contribution is 0.118. The zero-order chi connectivity index (χ0) is 12.1. The largest absolute Gasteiger partial charge is 0.314 e. The molecule has 2 atom stereocenters. The van der Waals surface area contributed by atoms with Crippen LogP contribution < -0.4 is 5.32 Å². The summed E-state index contributed by atoms with van der Waals surface area (Å²) in [5.41, 5.74) is 0. The number of rotatable bonds is 4. The van der Waals surface area contributed by atoms with E-state index in [-0.39, 0.29) is 24.8 Å². The van der Waals surface area contributed by atoms with Gasteiger partial charge in [-0.05, 0) is 25.8 Å². The molecule has 1 heterocycles. The van der Waals surface area contributed by atoms with Crippen LogP contribution in [0.4, 0.5) is 0 Å². The van der Waals surface area contributed by atoms with E-state index >= 15 is 0 Å². The minimum Gasteiger partial charge on any atom is -0.314 e. The zero-order valence-corrected chi connectivity index (χ0v) is 14.1. The minimum atomic E-state index is 0. The topological polar surface area (TPSA) is 18.5 Å². The highest BCUT2D eigenvalue weighted by atomic mass is 35.5. The van der Waals surface area contributed by atoms with Crippen LogP contribution >= 0.6 is 24.8 Å². The molecule has 0 aromatic rings. The van der Waals surface area contributed by atoms with E-state index in [2.05, 4.69) is 29.1 Å². The third-order valence-electron chi connectivity index (χ3n) is 4.61. The van der Waals surface area contributed by atoms with E-state index in [1.165, 1.54) is 65.0 Å². The molecule has 0 radical (unpaired) electrons. The molecule has 1 N–H and O–H groups in total. The lowest BCUT2D eigenvalue weighted by Crippen LogP contribution is -2.48. The summed E-state index contributed by atoms with van der Waals surface area (Å²) in [7, 11) is 2.33. The Labute approximate surface area is 131 Å². The first-order chi connectivity index (χ1) is 8.27. The quantitative estimate of drug-likeness (QED) is 0.859. The number of piperazine rings is 1. The second kappa shape index (κ2) is 10.2. The fourth-order valence-corrected chi connectivity index (χ4v) is 3.35. The van der Waals surface area contributed by atoms with Gasteiger partial charge in [0, 0.05) is 45.3 Å². The van der Waals surface area contributed by atoms with E-state index in [9.17, 15) is 0 Å². The van der Waals surface area contributed by atoms with Gasteiger partial charge in [-0.1, -0.05) is 19.8 Å². The second-order valence-electron chi connectivity index (χ2n) is 5.90. The maximum Gasteiger partial charge on any atom is 0.0118 e. The van der Waals surface area contributed by atoms with Crippen molar-refractivity contribution in [2.75, 3.05) is 46.3 Å². The molecular formula is C14H31Cl2N3. The Morgan fingerprint density at radius 3 is 2.37 bits per heavy atom. The lowest BCUT2D eigenvalue weighted by atomic mass is 9.85. The van der Waals surface area contributed by atoms with Gasteiger partial charge in [-0.25, -0.2) is 0 Å². The molecule has 1 aliphatic heterocycles. The van der Waals surface area contributed by atoms with Crippen molar-refractivity contribution in [3.63, 3.8) is 0 Å². The van der Waals surface area contributed by atoms with Crippen LogP contribution in [0, 0.1) is 5.92 Å². The first-order valence-corrected chi connectivity index (χ1v) is 7.40. The van der Waals surface area contributed by atoms with Crippen molar-refractivity contribution >= 4 is 24.8 Å². The van der Waals surface area contributed by atoms with Crippen molar-refractivity contribution in [1.29, 1.82) is 0 Å². The van der Waals surface area contributed by atoms with E-state index in [0.717, 1.165) is 12.0 Å². The van der Waals surface area contributed by atoms with Gasteiger partial charge in [0.2, 0.25) is 0 Å². The standard InChI is InChI=1S/C14H29N3.2ClH/c1-13-5-3-4-6-14(13)16(2)11-12-17-9-7-15-8-10-17;;/h13-15H,3-12H2,1-2H3;2*1H. The lowest BCUT2D eigenvalue weighted by Gasteiger charge is -2.37. The van der Waals surface area contributed by atoms with Crippen LogP contribution in [0.1, 0.15) is 32.6 Å². The van der Waals surface area contributed by atoms with Crippen molar-refractivity contribution in [2.24, 2.45) is 5.92 Å². The average molecular weight is 312 g/mol. The minimum absolute atomic E-state index is 0. The molecule has 0 aromatic carbocycles. The Balaban J connectivity index is 0.00000162. The van der Waals surface area contributed by atoms with Gasteiger partial charge in [-0.2, -0.15) is 0 Å². The number of halogens is 2. The molecule has 116 valence electrons. The summed E-state index contributed by atoms with van der Waals surface area (Å²) in [6.07, 6.45) is 5.73. The highest BCUT2D eigenvalue weighted by Crippen LogP contribution is 2.27. The predicted molar refractivity (Wildman–Crippen MR) is 87.9 cm³/mol. The number of nitrogens with one attached hydrogen (secondary N) is 1. The third kappa shape index (κ3) is 6.17. The summed E-state index contributed by atoms with van der Waals surface area (Å²) in [6, 6.07) is 0.840. The molecule has 0 amide bonds. The van der Waals surface area contributed by atoms with Crippen molar-refractivity contribution in [3.8, 4) is 0 Å². The fraction of sp³-hybridized carbons (Fsp3) is 1.00. The molecule has 2 rings (SSSR count). The second-order valence-corrected chi connectivity index (χ2v) is 5.90. The van der Waals surface area contributed by atoms with Gasteiger partial charge >= 0.3 is 0 Å². The molecule has 2 unspecified atom stereocenters. The normalized spacial score (nSPS) is 28.6. The molecule has 2 aliphatic rings. The monoisotopic (exact) mass is 311 g/mol. The Morgan fingerprint density at radius 1 is 1.11 bits per heavy atom. The van der Waals surface area contributed by atoms with E-state index in [0.29, 0.717) is 0 Å². The third-order valence-corrected chi connectivity index (χ3v) is 4.61. The SMILES string of the molecule is CC1CCCCC1N(C)CCN1CCNCC1.Cl.Cl. The van der Waals surface area contributed by atoms with Crippen LogP contribution in [0.15, 0.2) is 0 Å². The number of hydrogen-bond donors (Lipinski definition) is 1. The molecule has 1 aliphatic carbocycles. The van der Waals surface area contributed by atoms with Gasteiger partial charge in [-0.15, -0.1) is 24.8 Å². The van der Waals surface area contributed by atoms with E-state index < -0.39 is 0 Å². The summed E-state index contributed by atoms with van der Waals surface area (Å²) in [5, 5.41) is 3.42. The Hall–Kier alpha value is 0.460. The summed E-state index contributed by atoms with van der Waals surface area (Å²) < 4.78 is 0. The van der Waals surface area contributed by atoms with E-state index in [4.69, 9.17) is 0 Å². The molecule has 19 heavy (non-hydrogen) atoms. The van der Waals surface area contributed by atoms with Crippen molar-refractivity contribution in [1.82, 2.24) is 15.1 Å². The van der Waals surface area contributed by atoms with Gasteiger partial charge in [0.25, 0.3) is 0 Å². The highest BCUT2D eigenvalue weighted by molar-refractivity contribution is 5.85. The van der Waals surface area contributed by atoms with Crippen LogP contribution in [0.5, 0.6) is 0 Å². The summed E-state index contributed by atoms with van der Waals surface area (Å²) in [6.45, 7) is 9.73. The van der Waals surface area contributed by atoms with Crippen LogP contribution in [0.2, 0.25) is 0 Å².